The van der Waals surface area contributed by atoms with Gasteiger partial charge in [0.05, 0.1) is 6.10 Å². The van der Waals surface area contributed by atoms with E-state index in [1.807, 2.05) is 7.05 Å². The zero-order chi connectivity index (χ0) is 13.8. The molecular formula is C17H27NO. The smallest absolute Gasteiger partial charge is 0.125 e. The van der Waals surface area contributed by atoms with Crippen molar-refractivity contribution in [3.05, 3.63) is 28.8 Å². The molecule has 1 saturated carbocycles. The summed E-state index contributed by atoms with van der Waals surface area (Å²) in [5, 5.41) is 3.29. The molecule has 1 aromatic carbocycles. The maximum absolute atomic E-state index is 6.30. The van der Waals surface area contributed by atoms with Crippen LogP contribution in [0.15, 0.2) is 12.1 Å². The first-order chi connectivity index (χ1) is 9.11. The number of rotatable bonds is 4. The molecule has 0 heterocycles. The number of hydrogen-bond donors (Lipinski definition) is 1. The normalized spacial score (nSPS) is 23.4. The van der Waals surface area contributed by atoms with Crippen LogP contribution in [0.3, 0.4) is 0 Å². The monoisotopic (exact) mass is 261 g/mol. The van der Waals surface area contributed by atoms with Gasteiger partial charge >= 0.3 is 0 Å². The van der Waals surface area contributed by atoms with Crippen LogP contribution >= 0.6 is 0 Å². The van der Waals surface area contributed by atoms with Crippen molar-refractivity contribution in [2.24, 2.45) is 5.92 Å². The number of nitrogens with one attached hydrogen (secondary N) is 1. The molecule has 1 aliphatic carbocycles. The molecule has 0 bridgehead atoms. The maximum atomic E-state index is 6.30. The van der Waals surface area contributed by atoms with Gasteiger partial charge in [0.25, 0.3) is 0 Å². The van der Waals surface area contributed by atoms with Crippen LogP contribution in [0.2, 0.25) is 0 Å². The molecule has 2 heteroatoms. The average Bonchev–Trinajstić information content (AvgIpc) is 2.41. The Balaban J connectivity index is 1.98. The van der Waals surface area contributed by atoms with E-state index in [0.717, 1.165) is 18.2 Å². The van der Waals surface area contributed by atoms with E-state index in [1.54, 1.807) is 0 Å². The van der Waals surface area contributed by atoms with E-state index >= 15 is 0 Å². The predicted octanol–water partition coefficient (Wildman–Crippen LogP) is 3.77. The Hall–Kier alpha value is -1.02. The Morgan fingerprint density at radius 2 is 1.68 bits per heavy atom. The lowest BCUT2D eigenvalue weighted by Gasteiger charge is -2.30. The van der Waals surface area contributed by atoms with Gasteiger partial charge < -0.3 is 10.1 Å². The van der Waals surface area contributed by atoms with E-state index < -0.39 is 0 Å². The summed E-state index contributed by atoms with van der Waals surface area (Å²) in [4.78, 5) is 0. The van der Waals surface area contributed by atoms with Crippen LogP contribution in [0.4, 0.5) is 0 Å². The molecule has 2 rings (SSSR count). The van der Waals surface area contributed by atoms with E-state index in [9.17, 15) is 0 Å². The van der Waals surface area contributed by atoms with Gasteiger partial charge in [0.15, 0.2) is 0 Å². The summed E-state index contributed by atoms with van der Waals surface area (Å²) in [5.74, 6) is 1.96. The van der Waals surface area contributed by atoms with Crippen LogP contribution in [0.5, 0.6) is 5.75 Å². The van der Waals surface area contributed by atoms with Crippen molar-refractivity contribution in [3.63, 3.8) is 0 Å². The molecule has 106 valence electrons. The van der Waals surface area contributed by atoms with Gasteiger partial charge in [0, 0.05) is 0 Å². The average molecular weight is 261 g/mol. The molecule has 1 aliphatic rings. The fraction of sp³-hybridized carbons (Fsp3) is 0.647. The summed E-state index contributed by atoms with van der Waals surface area (Å²) in [6, 6.07) is 4.35. The predicted molar refractivity (Wildman–Crippen MR) is 81.0 cm³/mol. The SMILES string of the molecule is CNCC1CCC(Oc2c(C)ccc(C)c2C)CC1. The third kappa shape index (κ3) is 3.50. The van der Waals surface area contributed by atoms with E-state index in [1.165, 1.54) is 42.4 Å². The van der Waals surface area contributed by atoms with Crippen molar-refractivity contribution >= 4 is 0 Å². The molecule has 0 saturated heterocycles. The van der Waals surface area contributed by atoms with Crippen molar-refractivity contribution < 1.29 is 4.74 Å². The van der Waals surface area contributed by atoms with Gasteiger partial charge in [-0.15, -0.1) is 0 Å². The van der Waals surface area contributed by atoms with Gasteiger partial charge in [-0.3, -0.25) is 0 Å². The third-order valence-corrected chi connectivity index (χ3v) is 4.44. The fourth-order valence-corrected chi connectivity index (χ4v) is 3.02. The maximum Gasteiger partial charge on any atom is 0.125 e. The summed E-state index contributed by atoms with van der Waals surface area (Å²) in [7, 11) is 2.04. The molecule has 2 nitrogen and oxygen atoms in total. The second-order valence-corrected chi connectivity index (χ2v) is 5.97. The minimum atomic E-state index is 0.410. The zero-order valence-corrected chi connectivity index (χ0v) is 12.8. The zero-order valence-electron chi connectivity index (χ0n) is 12.8. The molecule has 1 aromatic rings. The van der Waals surface area contributed by atoms with Crippen LogP contribution in [0.1, 0.15) is 42.4 Å². The van der Waals surface area contributed by atoms with Gasteiger partial charge in [-0.05, 0) is 82.7 Å². The van der Waals surface area contributed by atoms with E-state index in [4.69, 9.17) is 4.74 Å². The highest BCUT2D eigenvalue weighted by Gasteiger charge is 2.23. The minimum Gasteiger partial charge on any atom is -0.490 e. The van der Waals surface area contributed by atoms with Gasteiger partial charge in [0.1, 0.15) is 5.75 Å². The van der Waals surface area contributed by atoms with Gasteiger partial charge in [-0.2, -0.15) is 0 Å². The molecular weight excluding hydrogens is 234 g/mol. The van der Waals surface area contributed by atoms with Crippen molar-refractivity contribution in [2.75, 3.05) is 13.6 Å². The van der Waals surface area contributed by atoms with E-state index in [-0.39, 0.29) is 0 Å². The summed E-state index contributed by atoms with van der Waals surface area (Å²) in [6.07, 6.45) is 5.37. The van der Waals surface area contributed by atoms with Crippen LogP contribution in [0.25, 0.3) is 0 Å². The molecule has 1 fully saturated rings. The van der Waals surface area contributed by atoms with Gasteiger partial charge in [-0.1, -0.05) is 12.1 Å². The van der Waals surface area contributed by atoms with Crippen molar-refractivity contribution in [2.45, 2.75) is 52.6 Å². The Bertz CT molecular complexity index is 420. The molecule has 1 N–H and O–H groups in total. The first-order valence-corrected chi connectivity index (χ1v) is 7.50. The molecule has 0 unspecified atom stereocenters. The van der Waals surface area contributed by atoms with Crippen LogP contribution in [-0.4, -0.2) is 19.7 Å². The van der Waals surface area contributed by atoms with E-state index in [2.05, 4.69) is 38.2 Å². The second kappa shape index (κ2) is 6.42. The van der Waals surface area contributed by atoms with Crippen LogP contribution in [0, 0.1) is 26.7 Å². The first kappa shape index (κ1) is 14.4. The topological polar surface area (TPSA) is 21.3 Å². The molecule has 0 radical (unpaired) electrons. The van der Waals surface area contributed by atoms with Gasteiger partial charge in [-0.25, -0.2) is 0 Å². The Morgan fingerprint density at radius 3 is 2.32 bits per heavy atom. The largest absolute Gasteiger partial charge is 0.490 e. The Labute approximate surface area is 117 Å². The van der Waals surface area contributed by atoms with Crippen molar-refractivity contribution in [1.82, 2.24) is 5.32 Å². The van der Waals surface area contributed by atoms with Crippen LogP contribution in [-0.2, 0) is 0 Å². The molecule has 0 atom stereocenters. The number of aryl methyl sites for hydroxylation is 2. The molecule has 0 spiro atoms. The molecule has 0 aliphatic heterocycles. The fourth-order valence-electron chi connectivity index (χ4n) is 3.02. The summed E-state index contributed by atoms with van der Waals surface area (Å²) in [5.41, 5.74) is 3.89. The van der Waals surface area contributed by atoms with Crippen molar-refractivity contribution in [3.8, 4) is 5.75 Å². The molecule has 0 aromatic heterocycles. The molecule has 19 heavy (non-hydrogen) atoms. The second-order valence-electron chi connectivity index (χ2n) is 5.97. The lowest BCUT2D eigenvalue weighted by atomic mass is 9.87. The number of ether oxygens (including phenoxy) is 1. The summed E-state index contributed by atoms with van der Waals surface area (Å²) >= 11 is 0. The van der Waals surface area contributed by atoms with E-state index in [0.29, 0.717) is 6.10 Å². The highest BCUT2D eigenvalue weighted by Crippen LogP contribution is 2.31. The lowest BCUT2D eigenvalue weighted by Crippen LogP contribution is -2.29. The highest BCUT2D eigenvalue weighted by atomic mass is 16.5. The standard InChI is InChI=1S/C17H27NO/c1-12-5-6-13(2)17(14(12)3)19-16-9-7-15(8-10-16)11-18-4/h5-6,15-16,18H,7-11H2,1-4H3. The Kier molecular flexibility index (Phi) is 4.87. The first-order valence-electron chi connectivity index (χ1n) is 7.50. The third-order valence-electron chi connectivity index (χ3n) is 4.44. The lowest BCUT2D eigenvalue weighted by molar-refractivity contribution is 0.129. The quantitative estimate of drug-likeness (QED) is 0.891. The summed E-state index contributed by atoms with van der Waals surface area (Å²) in [6.45, 7) is 7.62. The van der Waals surface area contributed by atoms with Crippen LogP contribution < -0.4 is 10.1 Å². The highest BCUT2D eigenvalue weighted by molar-refractivity contribution is 5.44. The number of benzene rings is 1. The molecule has 0 amide bonds. The Morgan fingerprint density at radius 1 is 1.05 bits per heavy atom. The number of hydrogen-bond acceptors (Lipinski definition) is 2. The minimum absolute atomic E-state index is 0.410. The summed E-state index contributed by atoms with van der Waals surface area (Å²) < 4.78 is 6.30. The van der Waals surface area contributed by atoms with Gasteiger partial charge in [0.2, 0.25) is 0 Å². The van der Waals surface area contributed by atoms with Crippen molar-refractivity contribution in [1.29, 1.82) is 0 Å².